The van der Waals surface area contributed by atoms with Crippen LogP contribution in [0.25, 0.3) is 0 Å². The van der Waals surface area contributed by atoms with Gasteiger partial charge < -0.3 is 10.0 Å². The molecule has 4 nitrogen and oxygen atoms in total. The summed E-state index contributed by atoms with van der Waals surface area (Å²) in [5.74, 6) is -0.320. The zero-order valence-corrected chi connectivity index (χ0v) is 17.7. The highest BCUT2D eigenvalue weighted by molar-refractivity contribution is 6.31. The maximum atomic E-state index is 14.9. The monoisotopic (exact) mass is 425 g/mol. The summed E-state index contributed by atoms with van der Waals surface area (Å²) in [7, 11) is 0. The number of piperazine rings is 1. The molecule has 1 atom stereocenters. The number of pyridine rings is 1. The Morgan fingerprint density at radius 2 is 1.80 bits per heavy atom. The summed E-state index contributed by atoms with van der Waals surface area (Å²) in [4.78, 5) is 8.67. The average molecular weight is 426 g/mol. The van der Waals surface area contributed by atoms with Crippen molar-refractivity contribution >= 4 is 17.3 Å². The van der Waals surface area contributed by atoms with Gasteiger partial charge in [-0.15, -0.1) is 0 Å². The lowest BCUT2D eigenvalue weighted by atomic mass is 9.99. The van der Waals surface area contributed by atoms with Crippen molar-refractivity contribution in [3.63, 3.8) is 0 Å². The number of hydrogen-bond donors (Lipinski definition) is 1. The molecule has 30 heavy (non-hydrogen) atoms. The normalized spacial score (nSPS) is 15.9. The summed E-state index contributed by atoms with van der Waals surface area (Å²) >= 11 is 6.30. The van der Waals surface area contributed by atoms with Crippen LogP contribution in [0.5, 0.6) is 0 Å². The van der Waals surface area contributed by atoms with Crippen LogP contribution in [0.2, 0.25) is 5.02 Å². The van der Waals surface area contributed by atoms with Crippen LogP contribution in [0.4, 0.5) is 10.1 Å². The highest BCUT2D eigenvalue weighted by atomic mass is 35.5. The molecule has 2 heterocycles. The lowest BCUT2D eigenvalue weighted by Crippen LogP contribution is -2.46. The van der Waals surface area contributed by atoms with E-state index in [-0.39, 0.29) is 5.82 Å². The van der Waals surface area contributed by atoms with Crippen LogP contribution in [-0.4, -0.2) is 41.2 Å². The second-order valence-electron chi connectivity index (χ2n) is 7.64. The summed E-state index contributed by atoms with van der Waals surface area (Å²) < 4.78 is 14.9. The number of nitrogens with zero attached hydrogens (tertiary/aromatic N) is 3. The quantitative estimate of drug-likeness (QED) is 0.649. The van der Waals surface area contributed by atoms with Crippen LogP contribution in [0.3, 0.4) is 0 Å². The van der Waals surface area contributed by atoms with E-state index in [1.165, 1.54) is 6.07 Å². The van der Waals surface area contributed by atoms with Gasteiger partial charge in [-0.3, -0.25) is 9.88 Å². The molecule has 0 saturated carbocycles. The van der Waals surface area contributed by atoms with Gasteiger partial charge in [0.05, 0.1) is 11.4 Å². The minimum atomic E-state index is -0.974. The fourth-order valence-electron chi connectivity index (χ4n) is 4.01. The van der Waals surface area contributed by atoms with E-state index < -0.39 is 6.10 Å². The van der Waals surface area contributed by atoms with E-state index in [1.807, 2.05) is 48.2 Å². The van der Waals surface area contributed by atoms with Gasteiger partial charge in [0.1, 0.15) is 11.9 Å². The maximum Gasteiger partial charge on any atom is 0.146 e. The van der Waals surface area contributed by atoms with Crippen molar-refractivity contribution in [2.75, 3.05) is 31.1 Å². The van der Waals surface area contributed by atoms with Crippen molar-refractivity contribution in [3.05, 3.63) is 94.0 Å². The van der Waals surface area contributed by atoms with Gasteiger partial charge in [0.25, 0.3) is 0 Å². The lowest BCUT2D eigenvalue weighted by molar-refractivity contribution is 0.213. The molecule has 6 heteroatoms. The first kappa shape index (κ1) is 20.8. The van der Waals surface area contributed by atoms with E-state index in [9.17, 15) is 9.50 Å². The second kappa shape index (κ2) is 9.13. The first-order valence-electron chi connectivity index (χ1n) is 10.1. The molecule has 0 unspecified atom stereocenters. The van der Waals surface area contributed by atoms with Gasteiger partial charge in [-0.2, -0.15) is 0 Å². The lowest BCUT2D eigenvalue weighted by Gasteiger charge is -2.37. The van der Waals surface area contributed by atoms with E-state index in [4.69, 9.17) is 11.6 Å². The standard InChI is InChI=1S/C24H25ClFN3O/c1-17-6-5-11-27-22(17)24(30)19-8-4-10-21(26)23(19)29-14-12-28(13-15-29)16-18-7-2-3-9-20(18)25/h2-11,24,30H,12-16H2,1H3/t24-/m1/s1. The van der Waals surface area contributed by atoms with Crippen LogP contribution < -0.4 is 4.90 Å². The first-order chi connectivity index (χ1) is 14.5. The molecule has 0 radical (unpaired) electrons. The summed E-state index contributed by atoms with van der Waals surface area (Å²) in [5, 5.41) is 11.8. The van der Waals surface area contributed by atoms with Gasteiger partial charge in [-0.25, -0.2) is 4.39 Å². The zero-order valence-electron chi connectivity index (χ0n) is 16.9. The Kier molecular flexibility index (Phi) is 6.32. The molecule has 4 rings (SSSR count). The summed E-state index contributed by atoms with van der Waals surface area (Å²) in [6, 6.07) is 16.5. The number of anilines is 1. The van der Waals surface area contributed by atoms with E-state index in [2.05, 4.69) is 9.88 Å². The second-order valence-corrected chi connectivity index (χ2v) is 8.05. The van der Waals surface area contributed by atoms with Crippen molar-refractivity contribution in [1.29, 1.82) is 0 Å². The molecule has 1 fully saturated rings. The molecule has 1 aliphatic heterocycles. The predicted octanol–water partition coefficient (Wildman–Crippen LogP) is 4.59. The largest absolute Gasteiger partial charge is 0.382 e. The molecule has 0 aliphatic carbocycles. The molecule has 1 aliphatic rings. The van der Waals surface area contributed by atoms with E-state index in [1.54, 1.807) is 18.3 Å². The van der Waals surface area contributed by atoms with Crippen molar-refractivity contribution in [3.8, 4) is 0 Å². The van der Waals surface area contributed by atoms with E-state index >= 15 is 0 Å². The molecular weight excluding hydrogens is 401 g/mol. The van der Waals surface area contributed by atoms with Crippen molar-refractivity contribution in [2.24, 2.45) is 0 Å². The molecule has 2 aromatic carbocycles. The molecule has 1 N–H and O–H groups in total. The van der Waals surface area contributed by atoms with Crippen molar-refractivity contribution < 1.29 is 9.50 Å². The zero-order chi connectivity index (χ0) is 21.1. The highest BCUT2D eigenvalue weighted by Gasteiger charge is 2.26. The van der Waals surface area contributed by atoms with Gasteiger partial charge in [0, 0.05) is 49.5 Å². The van der Waals surface area contributed by atoms with Gasteiger partial charge >= 0.3 is 0 Å². The number of aryl methyl sites for hydroxylation is 1. The number of hydrogen-bond acceptors (Lipinski definition) is 4. The molecule has 0 spiro atoms. The number of aliphatic hydroxyl groups excluding tert-OH is 1. The van der Waals surface area contributed by atoms with Crippen LogP contribution in [0, 0.1) is 12.7 Å². The average Bonchev–Trinajstić information content (AvgIpc) is 2.76. The molecule has 0 amide bonds. The predicted molar refractivity (Wildman–Crippen MR) is 118 cm³/mol. The minimum Gasteiger partial charge on any atom is -0.382 e. The Balaban J connectivity index is 1.53. The van der Waals surface area contributed by atoms with Gasteiger partial charge in [0.15, 0.2) is 0 Å². The Labute approximate surface area is 181 Å². The van der Waals surface area contributed by atoms with Crippen LogP contribution in [0.15, 0.2) is 60.8 Å². The van der Waals surface area contributed by atoms with E-state index in [0.717, 1.165) is 35.8 Å². The molecule has 1 aromatic heterocycles. The Morgan fingerprint density at radius 1 is 1.03 bits per heavy atom. The van der Waals surface area contributed by atoms with Crippen molar-refractivity contribution in [2.45, 2.75) is 19.6 Å². The number of rotatable bonds is 5. The van der Waals surface area contributed by atoms with Crippen LogP contribution in [-0.2, 0) is 6.54 Å². The number of halogens is 2. The summed E-state index contributed by atoms with van der Waals surface area (Å²) in [5.41, 5.74) is 3.55. The third-order valence-corrected chi connectivity index (χ3v) is 6.03. The van der Waals surface area contributed by atoms with Gasteiger partial charge in [0.2, 0.25) is 0 Å². The highest BCUT2D eigenvalue weighted by Crippen LogP contribution is 2.34. The molecule has 1 saturated heterocycles. The minimum absolute atomic E-state index is 0.320. The van der Waals surface area contributed by atoms with Crippen LogP contribution in [0.1, 0.15) is 28.5 Å². The molecule has 156 valence electrons. The SMILES string of the molecule is Cc1cccnc1[C@H](O)c1cccc(F)c1N1CCN(Cc2ccccc2Cl)CC1. The van der Waals surface area contributed by atoms with Gasteiger partial charge in [-0.1, -0.05) is 48.0 Å². The fourth-order valence-corrected chi connectivity index (χ4v) is 4.21. The van der Waals surface area contributed by atoms with Crippen molar-refractivity contribution in [1.82, 2.24) is 9.88 Å². The van der Waals surface area contributed by atoms with Gasteiger partial charge in [-0.05, 0) is 36.2 Å². The third-order valence-electron chi connectivity index (χ3n) is 5.66. The Morgan fingerprint density at radius 3 is 2.53 bits per heavy atom. The molecule has 3 aromatic rings. The fraction of sp³-hybridized carbons (Fsp3) is 0.292. The topological polar surface area (TPSA) is 39.6 Å². The molecule has 0 bridgehead atoms. The smallest absolute Gasteiger partial charge is 0.146 e. The third kappa shape index (κ3) is 4.33. The van der Waals surface area contributed by atoms with Crippen LogP contribution >= 0.6 is 11.6 Å². The number of para-hydroxylation sites is 1. The Bertz CT molecular complexity index is 1020. The first-order valence-corrected chi connectivity index (χ1v) is 10.5. The summed E-state index contributed by atoms with van der Waals surface area (Å²) in [6.45, 7) is 5.60. The maximum absolute atomic E-state index is 14.9. The number of aliphatic hydroxyl groups is 1. The Hall–Kier alpha value is -2.47. The van der Waals surface area contributed by atoms with E-state index in [0.29, 0.717) is 30.0 Å². The summed E-state index contributed by atoms with van der Waals surface area (Å²) in [6.07, 6.45) is 0.677. The number of aromatic nitrogens is 1. The molecular formula is C24H25ClFN3O. The number of benzene rings is 2.